The van der Waals surface area contributed by atoms with Crippen molar-refractivity contribution in [2.75, 3.05) is 17.4 Å². The van der Waals surface area contributed by atoms with Crippen LogP contribution in [-0.2, 0) is 10.8 Å². The van der Waals surface area contributed by atoms with Gasteiger partial charge in [0, 0.05) is 34.6 Å². The van der Waals surface area contributed by atoms with Crippen LogP contribution in [0.1, 0.15) is 25.7 Å². The molecule has 0 spiro atoms. The molecule has 0 unspecified atom stereocenters. The first-order valence-electron chi connectivity index (χ1n) is 5.06. The second-order valence-corrected chi connectivity index (χ2v) is 5.62. The minimum absolute atomic E-state index is 0.131. The lowest BCUT2D eigenvalue weighted by molar-refractivity contribution is -0.284. The van der Waals surface area contributed by atoms with Crippen molar-refractivity contribution < 1.29 is 26.2 Å². The summed E-state index contributed by atoms with van der Waals surface area (Å²) in [5.74, 6) is -4.10. The first-order valence-corrected chi connectivity index (χ1v) is 7.08. The largest absolute Gasteiger partial charge is 0.453 e. The smallest absolute Gasteiger partial charge is 0.260 e. The molecule has 0 N–H and O–H groups in total. The Balaban J connectivity index is 3.80. The maximum absolute atomic E-state index is 12.4. The molecule has 0 heterocycles. The van der Waals surface area contributed by atoms with Crippen molar-refractivity contribution in [2.45, 2.75) is 37.8 Å². The molecule has 0 saturated heterocycles. The monoisotopic (exact) mass is 300 g/mol. The van der Waals surface area contributed by atoms with Gasteiger partial charge in [0.05, 0.1) is 0 Å². The number of alkyl halides is 6. The third kappa shape index (κ3) is 7.18. The molecular formula is C9H14ClF5OS. The van der Waals surface area contributed by atoms with Gasteiger partial charge in [-0.2, -0.15) is 22.0 Å². The van der Waals surface area contributed by atoms with Gasteiger partial charge in [-0.25, -0.2) is 0 Å². The lowest BCUT2D eigenvalue weighted by atomic mass is 10.2. The van der Waals surface area contributed by atoms with E-state index in [2.05, 4.69) is 0 Å². The standard InChI is InChI=1S/C9H14ClF5OS/c10-5-1-2-6-17(16)7-3-4-8(11,12)9(13,14)15/h1-7H2/t17-/m0/s1. The van der Waals surface area contributed by atoms with Crippen molar-refractivity contribution >= 4 is 22.4 Å². The summed E-state index contributed by atoms with van der Waals surface area (Å²) in [4.78, 5) is 0. The molecule has 0 amide bonds. The Bertz CT molecular complexity index is 244. The molecule has 0 aromatic carbocycles. The van der Waals surface area contributed by atoms with Crippen LogP contribution in [-0.4, -0.2) is 33.7 Å². The van der Waals surface area contributed by atoms with Crippen molar-refractivity contribution in [1.82, 2.24) is 0 Å². The molecule has 0 saturated carbocycles. The topological polar surface area (TPSA) is 17.1 Å². The number of unbranched alkanes of at least 4 members (excludes halogenated alkanes) is 1. The fourth-order valence-electron chi connectivity index (χ4n) is 1.06. The van der Waals surface area contributed by atoms with Crippen molar-refractivity contribution in [2.24, 2.45) is 0 Å². The van der Waals surface area contributed by atoms with E-state index in [1.807, 2.05) is 0 Å². The summed E-state index contributed by atoms with van der Waals surface area (Å²) in [5.41, 5.74) is 0. The Labute approximate surface area is 104 Å². The highest BCUT2D eigenvalue weighted by Crippen LogP contribution is 2.38. The van der Waals surface area contributed by atoms with Crippen LogP contribution in [0.3, 0.4) is 0 Å². The van der Waals surface area contributed by atoms with Crippen LogP contribution in [0.4, 0.5) is 22.0 Å². The molecule has 0 aromatic rings. The van der Waals surface area contributed by atoms with Gasteiger partial charge in [-0.15, -0.1) is 11.6 Å². The highest BCUT2D eigenvalue weighted by atomic mass is 35.5. The summed E-state index contributed by atoms with van der Waals surface area (Å²) in [7, 11) is -1.34. The fraction of sp³-hybridized carbons (Fsp3) is 1.00. The van der Waals surface area contributed by atoms with E-state index >= 15 is 0 Å². The molecule has 0 fully saturated rings. The van der Waals surface area contributed by atoms with Gasteiger partial charge in [-0.05, 0) is 19.3 Å². The normalized spacial score (nSPS) is 14.9. The lowest BCUT2D eigenvalue weighted by Gasteiger charge is -2.19. The second kappa shape index (κ2) is 7.51. The SMILES string of the molecule is O=[S@@](CCCCCl)CCCC(F)(F)C(F)(F)F. The van der Waals surface area contributed by atoms with Gasteiger partial charge in [0.1, 0.15) is 0 Å². The Morgan fingerprint density at radius 3 is 1.94 bits per heavy atom. The third-order valence-corrected chi connectivity index (χ3v) is 3.79. The van der Waals surface area contributed by atoms with E-state index in [0.717, 1.165) is 0 Å². The van der Waals surface area contributed by atoms with E-state index in [1.54, 1.807) is 0 Å². The van der Waals surface area contributed by atoms with Gasteiger partial charge in [0.15, 0.2) is 0 Å². The molecule has 1 nitrogen and oxygen atoms in total. The highest BCUT2D eigenvalue weighted by Gasteiger charge is 2.56. The van der Waals surface area contributed by atoms with Crippen molar-refractivity contribution in [3.8, 4) is 0 Å². The van der Waals surface area contributed by atoms with Crippen molar-refractivity contribution in [1.29, 1.82) is 0 Å². The maximum atomic E-state index is 12.4. The van der Waals surface area contributed by atoms with Crippen LogP contribution >= 0.6 is 11.6 Å². The third-order valence-electron chi connectivity index (χ3n) is 2.03. The van der Waals surface area contributed by atoms with Gasteiger partial charge in [-0.1, -0.05) is 0 Å². The molecule has 17 heavy (non-hydrogen) atoms. The van der Waals surface area contributed by atoms with E-state index in [0.29, 0.717) is 24.5 Å². The summed E-state index contributed by atoms with van der Waals surface area (Å²) in [6, 6.07) is 0. The number of halogens is 6. The molecule has 0 rings (SSSR count). The van der Waals surface area contributed by atoms with Crippen LogP contribution < -0.4 is 0 Å². The van der Waals surface area contributed by atoms with Crippen LogP contribution in [0.5, 0.6) is 0 Å². The van der Waals surface area contributed by atoms with E-state index in [9.17, 15) is 26.2 Å². The second-order valence-electron chi connectivity index (χ2n) is 3.55. The summed E-state index contributed by atoms with van der Waals surface area (Å²) >= 11 is 5.38. The van der Waals surface area contributed by atoms with E-state index in [1.165, 1.54) is 0 Å². The lowest BCUT2D eigenvalue weighted by Crippen LogP contribution is -2.36. The molecule has 0 radical (unpaired) electrons. The predicted molar refractivity (Wildman–Crippen MR) is 58.1 cm³/mol. The van der Waals surface area contributed by atoms with Crippen LogP contribution in [0.25, 0.3) is 0 Å². The summed E-state index contributed by atoms with van der Waals surface area (Å²) in [6.07, 6.45) is -5.98. The first kappa shape index (κ1) is 17.1. The van der Waals surface area contributed by atoms with Gasteiger partial charge in [0.2, 0.25) is 0 Å². The van der Waals surface area contributed by atoms with E-state index < -0.39 is 35.7 Å². The average molecular weight is 301 g/mol. The minimum atomic E-state index is -5.52. The zero-order valence-corrected chi connectivity index (χ0v) is 10.6. The van der Waals surface area contributed by atoms with Crippen molar-refractivity contribution in [3.05, 3.63) is 0 Å². The number of hydrogen-bond donors (Lipinski definition) is 0. The Kier molecular flexibility index (Phi) is 7.55. The van der Waals surface area contributed by atoms with E-state index in [4.69, 9.17) is 11.6 Å². The quantitative estimate of drug-likeness (QED) is 0.379. The van der Waals surface area contributed by atoms with Crippen LogP contribution in [0, 0.1) is 0 Å². The summed E-state index contributed by atoms with van der Waals surface area (Å²) in [6.45, 7) is 0. The highest BCUT2D eigenvalue weighted by molar-refractivity contribution is 7.84. The molecule has 104 valence electrons. The minimum Gasteiger partial charge on any atom is -0.260 e. The molecule has 0 aliphatic heterocycles. The Hall–Kier alpha value is 0.0900. The number of hydrogen-bond acceptors (Lipinski definition) is 1. The van der Waals surface area contributed by atoms with Gasteiger partial charge < -0.3 is 0 Å². The van der Waals surface area contributed by atoms with Crippen molar-refractivity contribution in [3.63, 3.8) is 0 Å². The molecule has 8 heteroatoms. The number of rotatable bonds is 8. The van der Waals surface area contributed by atoms with Gasteiger partial charge in [0.25, 0.3) is 0 Å². The molecule has 0 aromatic heterocycles. The summed E-state index contributed by atoms with van der Waals surface area (Å²) in [5, 5.41) is 0. The molecule has 0 bridgehead atoms. The first-order chi connectivity index (χ1) is 7.70. The summed E-state index contributed by atoms with van der Waals surface area (Å²) < 4.78 is 71.4. The molecule has 1 atom stereocenters. The van der Waals surface area contributed by atoms with Gasteiger partial charge in [-0.3, -0.25) is 4.21 Å². The molecule has 0 aliphatic rings. The van der Waals surface area contributed by atoms with Crippen LogP contribution in [0.15, 0.2) is 0 Å². The maximum Gasteiger partial charge on any atom is 0.453 e. The Morgan fingerprint density at radius 1 is 0.941 bits per heavy atom. The zero-order valence-electron chi connectivity index (χ0n) is 9.03. The predicted octanol–water partition coefficient (Wildman–Crippen LogP) is 3.73. The Morgan fingerprint density at radius 2 is 1.47 bits per heavy atom. The van der Waals surface area contributed by atoms with E-state index in [-0.39, 0.29) is 5.75 Å². The fourth-order valence-corrected chi connectivity index (χ4v) is 2.44. The molecular weight excluding hydrogens is 287 g/mol. The average Bonchev–Trinajstić information content (AvgIpc) is 2.16. The molecule has 0 aliphatic carbocycles. The van der Waals surface area contributed by atoms with Crippen LogP contribution in [0.2, 0.25) is 0 Å². The van der Waals surface area contributed by atoms with Gasteiger partial charge >= 0.3 is 12.1 Å². The zero-order chi connectivity index (χ0) is 13.5.